The topological polar surface area (TPSA) is 192 Å². The molecule has 0 bridgehead atoms. The molecular weight excluding hydrogens is 636 g/mol. The highest BCUT2D eigenvalue weighted by Gasteiger charge is 2.89. The Hall–Kier alpha value is -1.64. The van der Waals surface area contributed by atoms with Crippen LogP contribution in [0.3, 0.4) is 0 Å². The van der Waals surface area contributed by atoms with Crippen LogP contribution in [0.15, 0.2) is 11.6 Å². The summed E-state index contributed by atoms with van der Waals surface area (Å²) in [5.41, 5.74) is -7.16. The van der Waals surface area contributed by atoms with Crippen molar-refractivity contribution in [2.24, 2.45) is 33.5 Å². The van der Waals surface area contributed by atoms with Gasteiger partial charge >= 0.3 is 11.9 Å². The molecule has 278 valence electrons. The fourth-order valence-electron chi connectivity index (χ4n) is 11.9. The molecule has 6 N–H and O–H groups in total. The van der Waals surface area contributed by atoms with Gasteiger partial charge in [0.2, 0.25) is 0 Å². The molecule has 2 heterocycles. The minimum atomic E-state index is -2.04. The first-order valence-corrected chi connectivity index (χ1v) is 18.1. The van der Waals surface area contributed by atoms with Crippen molar-refractivity contribution in [1.82, 2.24) is 0 Å². The number of carbonyl (C=O) groups excluding carboxylic acids is 2. The molecule has 0 aromatic heterocycles. The van der Waals surface area contributed by atoms with E-state index in [9.17, 15) is 40.2 Å². The van der Waals surface area contributed by atoms with E-state index in [1.807, 2.05) is 6.92 Å². The molecule has 2 saturated heterocycles. The Morgan fingerprint density at radius 2 is 1.69 bits per heavy atom. The molecule has 0 amide bonds. The Balaban J connectivity index is 1.36. The van der Waals surface area contributed by atoms with E-state index >= 15 is 0 Å². The third kappa shape index (κ3) is 4.98. The van der Waals surface area contributed by atoms with Crippen molar-refractivity contribution in [3.8, 4) is 0 Å². The van der Waals surface area contributed by atoms with Crippen LogP contribution in [0.25, 0.3) is 0 Å². The number of aliphatic hydroxyl groups is 6. The monoisotopic (exact) mass is 694 g/mol. The van der Waals surface area contributed by atoms with Gasteiger partial charge in [0, 0.05) is 6.92 Å². The molecule has 0 radical (unpaired) electrons. The maximum absolute atomic E-state index is 14.4. The third-order valence-corrected chi connectivity index (χ3v) is 14.3. The summed E-state index contributed by atoms with van der Waals surface area (Å²) in [5, 5.41) is 66.6. The summed E-state index contributed by atoms with van der Waals surface area (Å²) in [6.07, 6.45) is -2.29. The molecule has 6 rings (SSSR count). The van der Waals surface area contributed by atoms with Crippen LogP contribution < -0.4 is 0 Å². The lowest BCUT2D eigenvalue weighted by molar-refractivity contribution is -0.302. The van der Waals surface area contributed by atoms with Gasteiger partial charge in [-0.05, 0) is 100 Å². The lowest BCUT2D eigenvalue weighted by Gasteiger charge is -2.64. The van der Waals surface area contributed by atoms with E-state index in [1.165, 1.54) is 6.92 Å². The molecule has 49 heavy (non-hydrogen) atoms. The van der Waals surface area contributed by atoms with Gasteiger partial charge in [-0.1, -0.05) is 39.3 Å². The van der Waals surface area contributed by atoms with Crippen LogP contribution in [0.1, 0.15) is 107 Å². The molecule has 6 aliphatic rings. The predicted octanol–water partition coefficient (Wildman–Crippen LogP) is 2.28. The van der Waals surface area contributed by atoms with Crippen LogP contribution in [0.2, 0.25) is 0 Å². The summed E-state index contributed by atoms with van der Waals surface area (Å²) in [6, 6.07) is 0. The van der Waals surface area contributed by atoms with Crippen molar-refractivity contribution < 1.29 is 59.2 Å². The molecule has 14 atom stereocenters. The van der Waals surface area contributed by atoms with Gasteiger partial charge in [0.05, 0.1) is 24.4 Å². The van der Waals surface area contributed by atoms with Crippen LogP contribution >= 0.6 is 0 Å². The van der Waals surface area contributed by atoms with Gasteiger partial charge in [-0.25, -0.2) is 0 Å². The second kappa shape index (κ2) is 11.7. The van der Waals surface area contributed by atoms with Crippen molar-refractivity contribution in [3.05, 3.63) is 11.6 Å². The van der Waals surface area contributed by atoms with Crippen LogP contribution in [-0.4, -0.2) is 109 Å². The van der Waals surface area contributed by atoms with Gasteiger partial charge in [-0.15, -0.1) is 0 Å². The van der Waals surface area contributed by atoms with Crippen molar-refractivity contribution >= 4 is 11.9 Å². The fraction of sp³-hybridized carbons (Fsp3) is 0.892. The normalized spacial score (nSPS) is 50.4. The van der Waals surface area contributed by atoms with Gasteiger partial charge in [0.1, 0.15) is 35.4 Å². The number of esters is 2. The van der Waals surface area contributed by atoms with Crippen molar-refractivity contribution in [2.75, 3.05) is 6.61 Å². The SMILES string of the molecule is CC(=O)O[C@@H]1C[C@@]2(C)[C@@H]3CC[C@H]4C(C)(C)[C@@H](O[C@@H]5OC[C@@H](O)[C@H](O)[C@H]5O)CC[C@]4(C)C3=C[C@H](O)[C@@]23C(=O)O[C@@](C)(CCCC(C)(C)O)[C@@]13O. The summed E-state index contributed by atoms with van der Waals surface area (Å²) < 4.78 is 24.0. The molecule has 5 fully saturated rings. The molecule has 0 aromatic rings. The molecule has 12 heteroatoms. The number of hydrogen-bond acceptors (Lipinski definition) is 12. The largest absolute Gasteiger partial charge is 0.459 e. The molecule has 3 saturated carbocycles. The highest BCUT2D eigenvalue weighted by atomic mass is 16.7. The lowest BCUT2D eigenvalue weighted by atomic mass is 9.40. The molecule has 0 aromatic carbocycles. The Bertz CT molecular complexity index is 1370. The van der Waals surface area contributed by atoms with Gasteiger partial charge in [-0.2, -0.15) is 0 Å². The van der Waals surface area contributed by atoms with E-state index in [2.05, 4.69) is 20.8 Å². The average Bonchev–Trinajstić information content (AvgIpc) is 3.30. The predicted molar refractivity (Wildman–Crippen MR) is 174 cm³/mol. The summed E-state index contributed by atoms with van der Waals surface area (Å²) in [5.74, 6) is -1.45. The van der Waals surface area contributed by atoms with E-state index in [0.29, 0.717) is 32.1 Å². The maximum atomic E-state index is 14.4. The van der Waals surface area contributed by atoms with E-state index in [4.69, 9.17) is 18.9 Å². The summed E-state index contributed by atoms with van der Waals surface area (Å²) >= 11 is 0. The Labute approximate surface area is 289 Å². The number of ether oxygens (including phenoxy) is 4. The van der Waals surface area contributed by atoms with Crippen molar-refractivity contribution in [1.29, 1.82) is 0 Å². The zero-order valence-corrected chi connectivity index (χ0v) is 30.3. The number of aliphatic hydroxyl groups excluding tert-OH is 4. The zero-order valence-electron chi connectivity index (χ0n) is 30.3. The number of hydrogen-bond donors (Lipinski definition) is 6. The zero-order chi connectivity index (χ0) is 36.3. The fourth-order valence-corrected chi connectivity index (χ4v) is 11.9. The third-order valence-electron chi connectivity index (χ3n) is 14.3. The minimum absolute atomic E-state index is 0.0644. The first-order valence-electron chi connectivity index (χ1n) is 18.1. The highest BCUT2D eigenvalue weighted by molar-refractivity contribution is 5.87. The molecule has 12 nitrogen and oxygen atoms in total. The van der Waals surface area contributed by atoms with Crippen molar-refractivity contribution in [2.45, 2.75) is 166 Å². The van der Waals surface area contributed by atoms with E-state index < -0.39 is 87.2 Å². The minimum Gasteiger partial charge on any atom is -0.459 e. The molecule has 4 aliphatic carbocycles. The van der Waals surface area contributed by atoms with Crippen LogP contribution in [0.5, 0.6) is 0 Å². The highest BCUT2D eigenvalue weighted by Crippen LogP contribution is 2.77. The number of allylic oxidation sites excluding steroid dienone is 1. The smallest absolute Gasteiger partial charge is 0.319 e. The summed E-state index contributed by atoms with van der Waals surface area (Å²) in [7, 11) is 0. The lowest BCUT2D eigenvalue weighted by Crippen LogP contribution is -2.70. The van der Waals surface area contributed by atoms with E-state index in [-0.39, 0.29) is 37.4 Å². The van der Waals surface area contributed by atoms with Gasteiger partial charge in [-0.3, -0.25) is 9.59 Å². The summed E-state index contributed by atoms with van der Waals surface area (Å²) in [4.78, 5) is 27.0. The maximum Gasteiger partial charge on any atom is 0.319 e. The Morgan fingerprint density at radius 1 is 1.02 bits per heavy atom. The molecule has 1 spiro atoms. The first-order chi connectivity index (χ1) is 22.5. The Morgan fingerprint density at radius 3 is 2.33 bits per heavy atom. The second-order valence-corrected chi connectivity index (χ2v) is 18.0. The van der Waals surface area contributed by atoms with Gasteiger partial charge < -0.3 is 49.6 Å². The number of carbonyl (C=O) groups is 2. The number of cyclic esters (lactones) is 1. The van der Waals surface area contributed by atoms with Crippen molar-refractivity contribution in [3.63, 3.8) is 0 Å². The molecule has 2 aliphatic heterocycles. The van der Waals surface area contributed by atoms with Crippen LogP contribution in [0.4, 0.5) is 0 Å². The quantitative estimate of drug-likeness (QED) is 0.130. The number of fused-ring (bicyclic) bond motifs is 4. The van der Waals surface area contributed by atoms with E-state index in [0.717, 1.165) is 12.0 Å². The molecular formula is C37H58O12. The number of rotatable bonds is 7. The average molecular weight is 695 g/mol. The molecule has 0 unspecified atom stereocenters. The Kier molecular flexibility index (Phi) is 8.85. The summed E-state index contributed by atoms with van der Waals surface area (Å²) in [6.45, 7) is 14.6. The van der Waals surface area contributed by atoms with E-state index in [1.54, 1.807) is 26.8 Å². The van der Waals surface area contributed by atoms with Crippen LogP contribution in [-0.2, 0) is 28.5 Å². The standard InChI is InChI=1S/C37H58O12/c1-19(38)47-26-17-34(7)20-10-11-23-32(4,5)25(48-29-28(42)27(41)22(39)18-46-29)12-15-33(23,6)21(20)16-24(40)36(34)30(43)49-35(8,37(26,36)45)14-9-13-31(2,3)44/h16,20,22-29,39-42,44-45H,9-15,17-18H2,1-8H3/t20-,22-,23+,24+,25+,26-,27+,28-,29+,33-,34+,35+,36-,37+/m1/s1. The first kappa shape index (κ1) is 37.1. The van der Waals surface area contributed by atoms with Crippen LogP contribution in [0, 0.1) is 33.5 Å². The second-order valence-electron chi connectivity index (χ2n) is 18.0. The van der Waals surface area contributed by atoms with Gasteiger partial charge in [0.15, 0.2) is 11.9 Å². The van der Waals surface area contributed by atoms with Gasteiger partial charge in [0.25, 0.3) is 0 Å².